The average molecular weight is 551 g/mol. The number of benzene rings is 4. The van der Waals surface area contributed by atoms with E-state index >= 15 is 0 Å². The zero-order valence-corrected chi connectivity index (χ0v) is 23.9. The number of fused-ring (bicyclic) bond motifs is 4. The highest BCUT2D eigenvalue weighted by Gasteiger charge is 2.40. The number of allylic oxidation sites excluding steroid dienone is 8. The van der Waals surface area contributed by atoms with Gasteiger partial charge in [-0.3, -0.25) is 0 Å². The third-order valence-electron chi connectivity index (χ3n) is 8.80. The molecule has 0 spiro atoms. The summed E-state index contributed by atoms with van der Waals surface area (Å²) in [4.78, 5) is 5.61. The van der Waals surface area contributed by atoms with Crippen LogP contribution >= 0.6 is 23.5 Å². The van der Waals surface area contributed by atoms with E-state index in [1.54, 1.807) is 0 Å². The van der Waals surface area contributed by atoms with E-state index in [2.05, 4.69) is 127 Å². The fourth-order valence-corrected chi connectivity index (χ4v) is 9.34. The monoisotopic (exact) mass is 550 g/mol. The Kier molecular flexibility index (Phi) is 6.20. The maximum atomic E-state index is 2.49. The Morgan fingerprint density at radius 3 is 2.12 bits per heavy atom. The van der Waals surface area contributed by atoms with Crippen molar-refractivity contribution in [2.24, 2.45) is 0 Å². The Hall–Kier alpha value is -3.46. The van der Waals surface area contributed by atoms with Gasteiger partial charge >= 0.3 is 0 Å². The minimum absolute atomic E-state index is 0.250. The summed E-state index contributed by atoms with van der Waals surface area (Å²) >= 11 is 3.90. The lowest BCUT2D eigenvalue weighted by molar-refractivity contribution is 0.641. The van der Waals surface area contributed by atoms with Crippen LogP contribution in [0.3, 0.4) is 0 Å². The summed E-state index contributed by atoms with van der Waals surface area (Å²) in [5, 5.41) is 0. The molecule has 0 nitrogen and oxygen atoms in total. The van der Waals surface area contributed by atoms with Gasteiger partial charge in [0.25, 0.3) is 0 Å². The largest absolute Gasteiger partial charge is 0.0895 e. The first-order chi connectivity index (χ1) is 19.8. The molecule has 0 bridgehead atoms. The minimum Gasteiger partial charge on any atom is -0.0895 e. The molecule has 0 saturated heterocycles. The van der Waals surface area contributed by atoms with E-state index in [0.717, 1.165) is 19.3 Å². The Morgan fingerprint density at radius 2 is 1.35 bits per heavy atom. The van der Waals surface area contributed by atoms with Gasteiger partial charge in [-0.25, -0.2) is 0 Å². The Morgan fingerprint density at radius 1 is 0.600 bits per heavy atom. The second-order valence-corrected chi connectivity index (χ2v) is 13.2. The molecule has 0 aromatic heterocycles. The van der Waals surface area contributed by atoms with Crippen LogP contribution in [0.1, 0.15) is 70.4 Å². The van der Waals surface area contributed by atoms with Crippen molar-refractivity contribution in [2.45, 2.75) is 56.6 Å². The summed E-state index contributed by atoms with van der Waals surface area (Å²) < 4.78 is 0. The fourth-order valence-electron chi connectivity index (χ4n) is 6.94. The zero-order valence-electron chi connectivity index (χ0n) is 22.3. The first-order valence-electron chi connectivity index (χ1n) is 14.3. The quantitative estimate of drug-likeness (QED) is 0.249. The highest BCUT2D eigenvalue weighted by atomic mass is 32.2. The molecule has 194 valence electrons. The molecule has 2 heterocycles. The first-order valence-corrected chi connectivity index (χ1v) is 16.0. The van der Waals surface area contributed by atoms with Crippen LogP contribution in [0.15, 0.2) is 147 Å². The van der Waals surface area contributed by atoms with Gasteiger partial charge in [0.1, 0.15) is 0 Å². The van der Waals surface area contributed by atoms with Crippen molar-refractivity contribution in [2.75, 3.05) is 0 Å². The molecular formula is C38H30S2. The van der Waals surface area contributed by atoms with E-state index in [-0.39, 0.29) is 11.8 Å². The predicted molar refractivity (Wildman–Crippen MR) is 170 cm³/mol. The van der Waals surface area contributed by atoms with Crippen molar-refractivity contribution in [3.8, 4) is 0 Å². The lowest BCUT2D eigenvalue weighted by Gasteiger charge is -2.39. The summed E-state index contributed by atoms with van der Waals surface area (Å²) in [6, 6.07) is 32.6. The fraction of sp³-hybridized carbons (Fsp3) is 0.158. The Balaban J connectivity index is 1.36. The molecular weight excluding hydrogens is 521 g/mol. The zero-order chi connectivity index (χ0) is 26.5. The predicted octanol–water partition coefficient (Wildman–Crippen LogP) is 10.9. The van der Waals surface area contributed by atoms with Gasteiger partial charge < -0.3 is 0 Å². The van der Waals surface area contributed by atoms with E-state index in [0.29, 0.717) is 5.92 Å². The summed E-state index contributed by atoms with van der Waals surface area (Å²) in [6.07, 6.45) is 19.2. The van der Waals surface area contributed by atoms with Gasteiger partial charge in [0.15, 0.2) is 0 Å². The van der Waals surface area contributed by atoms with Crippen molar-refractivity contribution in [1.82, 2.24) is 0 Å². The van der Waals surface area contributed by atoms with Crippen molar-refractivity contribution in [1.29, 1.82) is 0 Å². The van der Waals surface area contributed by atoms with Crippen LogP contribution in [-0.2, 0) is 0 Å². The molecule has 2 aliphatic carbocycles. The first kappa shape index (κ1) is 24.3. The van der Waals surface area contributed by atoms with Gasteiger partial charge in [0.05, 0.1) is 0 Å². The topological polar surface area (TPSA) is 0 Å². The van der Waals surface area contributed by atoms with Gasteiger partial charge in [-0.15, -0.1) is 0 Å². The van der Waals surface area contributed by atoms with Crippen LogP contribution in [0, 0.1) is 0 Å². The van der Waals surface area contributed by atoms with Crippen LogP contribution in [-0.4, -0.2) is 0 Å². The maximum Gasteiger partial charge on any atom is 0.0228 e. The summed E-state index contributed by atoms with van der Waals surface area (Å²) in [7, 11) is 0. The smallest absolute Gasteiger partial charge is 0.0228 e. The molecule has 0 fully saturated rings. The minimum atomic E-state index is 0.250. The normalized spacial score (nSPS) is 22.1. The standard InChI is InChI=1S/C38H30S2/c1-3-12-25(13-4-1)27-22-23-31-35(24-27)40-32-19-9-7-16-29(32)36(31)38-30-17-8-10-20-33(30)39-34-21-11-18-28(37(34)38)26-14-5-2-6-15-26/h1-5,7-12,14,16-25,36,38H,6,13,15H2. The molecule has 4 aromatic carbocycles. The number of hydrogen-bond acceptors (Lipinski definition) is 2. The van der Waals surface area contributed by atoms with E-state index < -0.39 is 0 Å². The second-order valence-electron chi connectivity index (χ2n) is 11.1. The molecule has 40 heavy (non-hydrogen) atoms. The van der Waals surface area contributed by atoms with Crippen LogP contribution in [0.5, 0.6) is 0 Å². The highest BCUT2D eigenvalue weighted by Crippen LogP contribution is 2.59. The molecule has 0 N–H and O–H groups in total. The molecule has 3 atom stereocenters. The van der Waals surface area contributed by atoms with Crippen molar-refractivity contribution in [3.05, 3.63) is 161 Å². The molecule has 2 heteroatoms. The summed E-state index contributed by atoms with van der Waals surface area (Å²) in [6.45, 7) is 0. The molecule has 0 saturated carbocycles. The van der Waals surface area contributed by atoms with Gasteiger partial charge in [-0.1, -0.05) is 127 Å². The highest BCUT2D eigenvalue weighted by molar-refractivity contribution is 7.99. The van der Waals surface area contributed by atoms with Crippen LogP contribution < -0.4 is 0 Å². The van der Waals surface area contributed by atoms with Gasteiger partial charge in [-0.2, -0.15) is 0 Å². The van der Waals surface area contributed by atoms with Gasteiger partial charge in [0.2, 0.25) is 0 Å². The SMILES string of the molecule is C1=CCCC(c2cccc3c2C(C2c4ccccc4Sc4cc(C5C=CC=CC5)ccc42)c2ccccc2S3)=C1. The second kappa shape index (κ2) is 10.2. The molecule has 2 aliphatic heterocycles. The van der Waals surface area contributed by atoms with Gasteiger partial charge in [-0.05, 0) is 82.5 Å². The summed E-state index contributed by atoms with van der Waals surface area (Å²) in [5.41, 5.74) is 10.2. The van der Waals surface area contributed by atoms with Crippen LogP contribution in [0.4, 0.5) is 0 Å². The maximum absolute atomic E-state index is 2.49. The average Bonchev–Trinajstić information content (AvgIpc) is 3.03. The Bertz CT molecular complexity index is 1750. The lowest BCUT2D eigenvalue weighted by atomic mass is 9.71. The third kappa shape index (κ3) is 4.08. The van der Waals surface area contributed by atoms with Crippen LogP contribution in [0.2, 0.25) is 0 Å². The molecule has 3 unspecified atom stereocenters. The lowest BCUT2D eigenvalue weighted by Crippen LogP contribution is -2.22. The molecule has 4 aromatic rings. The summed E-state index contributed by atoms with van der Waals surface area (Å²) in [5.74, 6) is 0.960. The van der Waals surface area contributed by atoms with Gasteiger partial charge in [0, 0.05) is 37.3 Å². The van der Waals surface area contributed by atoms with E-state index in [4.69, 9.17) is 0 Å². The molecule has 4 aliphatic rings. The molecule has 8 rings (SSSR count). The molecule has 0 radical (unpaired) electrons. The van der Waals surface area contributed by atoms with E-state index in [9.17, 15) is 0 Å². The van der Waals surface area contributed by atoms with E-state index in [1.807, 2.05) is 23.5 Å². The molecule has 0 amide bonds. The van der Waals surface area contributed by atoms with E-state index in [1.165, 1.54) is 58.5 Å². The number of hydrogen-bond donors (Lipinski definition) is 0. The Labute approximate surface area is 245 Å². The van der Waals surface area contributed by atoms with Crippen LogP contribution in [0.25, 0.3) is 5.57 Å². The van der Waals surface area contributed by atoms with Crippen molar-refractivity contribution < 1.29 is 0 Å². The number of rotatable bonds is 3. The van der Waals surface area contributed by atoms with Crippen molar-refractivity contribution in [3.63, 3.8) is 0 Å². The third-order valence-corrected chi connectivity index (χ3v) is 11.1. The van der Waals surface area contributed by atoms with Crippen molar-refractivity contribution >= 4 is 29.1 Å².